The van der Waals surface area contributed by atoms with Gasteiger partial charge in [0.1, 0.15) is 0 Å². The van der Waals surface area contributed by atoms with E-state index in [0.717, 1.165) is 41.7 Å². The molecule has 0 bridgehead atoms. The Morgan fingerprint density at radius 2 is 2.00 bits per heavy atom. The number of nitrogens with one attached hydrogen (secondary N) is 1. The van der Waals surface area contributed by atoms with Crippen LogP contribution in [0.1, 0.15) is 18.7 Å². The molecule has 150 valence electrons. The van der Waals surface area contributed by atoms with Crippen molar-refractivity contribution in [1.29, 1.82) is 0 Å². The average molecular weight is 476 g/mol. The summed E-state index contributed by atoms with van der Waals surface area (Å²) in [6, 6.07) is 15.1. The summed E-state index contributed by atoms with van der Waals surface area (Å²) in [5, 5.41) is 7.64. The number of rotatable bonds is 5. The molecule has 6 nitrogen and oxygen atoms in total. The van der Waals surface area contributed by atoms with Gasteiger partial charge in [0.05, 0.1) is 11.6 Å². The first-order chi connectivity index (χ1) is 14.1. The van der Waals surface area contributed by atoms with Gasteiger partial charge in [-0.15, -0.1) is 0 Å². The number of piperidine rings is 1. The average Bonchev–Trinajstić information content (AvgIpc) is 3.17. The van der Waals surface area contributed by atoms with Crippen molar-refractivity contribution < 1.29 is 9.32 Å². The van der Waals surface area contributed by atoms with Crippen LogP contribution in [0, 0.1) is 5.92 Å². The number of anilines is 1. The van der Waals surface area contributed by atoms with Gasteiger partial charge in [-0.2, -0.15) is 4.98 Å². The van der Waals surface area contributed by atoms with E-state index in [4.69, 9.17) is 16.1 Å². The third-order valence-electron chi connectivity index (χ3n) is 4.99. The van der Waals surface area contributed by atoms with Crippen molar-refractivity contribution in [3.05, 3.63) is 63.9 Å². The van der Waals surface area contributed by atoms with Gasteiger partial charge in [-0.05, 0) is 56.3 Å². The first-order valence-electron chi connectivity index (χ1n) is 9.45. The predicted molar refractivity (Wildman–Crippen MR) is 116 cm³/mol. The van der Waals surface area contributed by atoms with E-state index in [-0.39, 0.29) is 11.8 Å². The first kappa shape index (κ1) is 20.1. The minimum atomic E-state index is 0.00611. The monoisotopic (exact) mass is 474 g/mol. The molecule has 1 aliphatic rings. The van der Waals surface area contributed by atoms with E-state index in [9.17, 15) is 4.79 Å². The normalized spacial score (nSPS) is 15.4. The highest BCUT2D eigenvalue weighted by atomic mass is 79.9. The largest absolute Gasteiger partial charge is 0.338 e. The zero-order valence-electron chi connectivity index (χ0n) is 15.6. The van der Waals surface area contributed by atoms with Gasteiger partial charge in [0.25, 0.3) is 0 Å². The van der Waals surface area contributed by atoms with Gasteiger partial charge in [0, 0.05) is 21.6 Å². The lowest BCUT2D eigenvalue weighted by Gasteiger charge is -2.30. The lowest BCUT2D eigenvalue weighted by molar-refractivity contribution is -0.121. The molecule has 1 saturated heterocycles. The zero-order chi connectivity index (χ0) is 20.2. The molecule has 3 aromatic rings. The topological polar surface area (TPSA) is 71.3 Å². The fraction of sp³-hybridized carbons (Fsp3) is 0.286. The van der Waals surface area contributed by atoms with Crippen LogP contribution < -0.4 is 5.32 Å². The molecule has 8 heteroatoms. The molecule has 2 heterocycles. The lowest BCUT2D eigenvalue weighted by atomic mass is 9.96. The Morgan fingerprint density at radius 1 is 1.21 bits per heavy atom. The Morgan fingerprint density at radius 3 is 2.76 bits per heavy atom. The van der Waals surface area contributed by atoms with Crippen LogP contribution in [-0.4, -0.2) is 34.0 Å². The third-order valence-corrected chi connectivity index (χ3v) is 5.82. The molecule has 0 spiro atoms. The molecule has 0 atom stereocenters. The Balaban J connectivity index is 1.30. The van der Waals surface area contributed by atoms with Crippen LogP contribution >= 0.6 is 27.5 Å². The zero-order valence-corrected chi connectivity index (χ0v) is 18.0. The molecule has 0 radical (unpaired) electrons. The van der Waals surface area contributed by atoms with Gasteiger partial charge >= 0.3 is 0 Å². The molecule has 1 aromatic heterocycles. The molecular formula is C21H20BrClN4O2. The van der Waals surface area contributed by atoms with Crippen molar-refractivity contribution >= 4 is 39.1 Å². The Bertz CT molecular complexity index is 1000. The van der Waals surface area contributed by atoms with Gasteiger partial charge in [-0.3, -0.25) is 9.69 Å². The number of hydrogen-bond donors (Lipinski definition) is 1. The molecule has 0 aliphatic carbocycles. The number of likely N-dealkylation sites (tertiary alicyclic amines) is 1. The Hall–Kier alpha value is -2.22. The van der Waals surface area contributed by atoms with Gasteiger partial charge in [-0.25, -0.2) is 0 Å². The van der Waals surface area contributed by atoms with Gasteiger partial charge in [0.2, 0.25) is 17.6 Å². The molecule has 0 saturated carbocycles. The molecule has 1 fully saturated rings. The summed E-state index contributed by atoms with van der Waals surface area (Å²) in [5.41, 5.74) is 1.57. The molecule has 1 amide bonds. The van der Waals surface area contributed by atoms with Crippen LogP contribution in [0.25, 0.3) is 11.4 Å². The number of benzene rings is 2. The van der Waals surface area contributed by atoms with Crippen LogP contribution in [-0.2, 0) is 11.3 Å². The van der Waals surface area contributed by atoms with Crippen LogP contribution in [0.4, 0.5) is 5.69 Å². The van der Waals surface area contributed by atoms with E-state index < -0.39 is 0 Å². The SMILES string of the molecule is O=C(Nc1cccc(Br)c1)C1CCN(Cc2nc(-c3ccccc3Cl)no2)CC1. The third kappa shape index (κ3) is 5.04. The second-order valence-corrected chi connectivity index (χ2v) is 8.36. The van der Waals surface area contributed by atoms with Crippen molar-refractivity contribution in [3.8, 4) is 11.4 Å². The van der Waals surface area contributed by atoms with Crippen molar-refractivity contribution in [2.75, 3.05) is 18.4 Å². The highest BCUT2D eigenvalue weighted by molar-refractivity contribution is 9.10. The number of aromatic nitrogens is 2. The number of carbonyl (C=O) groups excluding carboxylic acids is 1. The Labute approximate surface area is 182 Å². The number of carbonyl (C=O) groups is 1. The van der Waals surface area contributed by atoms with E-state index in [1.165, 1.54) is 0 Å². The minimum absolute atomic E-state index is 0.00611. The summed E-state index contributed by atoms with van der Waals surface area (Å²) in [5.74, 6) is 1.12. The maximum atomic E-state index is 12.5. The standard InChI is InChI=1S/C21H20BrClN4O2/c22-15-4-3-5-16(12-15)24-21(28)14-8-10-27(11-9-14)13-19-25-20(26-29-19)17-6-1-2-7-18(17)23/h1-7,12,14H,8-11,13H2,(H,24,28). The summed E-state index contributed by atoms with van der Waals surface area (Å²) in [6.45, 7) is 2.18. The fourth-order valence-corrected chi connectivity index (χ4v) is 4.05. The van der Waals surface area contributed by atoms with Gasteiger partial charge in [-0.1, -0.05) is 50.9 Å². The van der Waals surface area contributed by atoms with Gasteiger partial charge < -0.3 is 9.84 Å². The van der Waals surface area contributed by atoms with Crippen molar-refractivity contribution in [1.82, 2.24) is 15.0 Å². The molecule has 2 aromatic carbocycles. The maximum Gasteiger partial charge on any atom is 0.241 e. The summed E-state index contributed by atoms with van der Waals surface area (Å²) in [4.78, 5) is 19.2. The summed E-state index contributed by atoms with van der Waals surface area (Å²) >= 11 is 9.62. The van der Waals surface area contributed by atoms with Crippen molar-refractivity contribution in [2.24, 2.45) is 5.92 Å². The van der Waals surface area contributed by atoms with Crippen molar-refractivity contribution in [3.63, 3.8) is 0 Å². The second kappa shape index (κ2) is 9.07. The van der Waals surface area contributed by atoms with Crippen LogP contribution in [0.5, 0.6) is 0 Å². The smallest absolute Gasteiger partial charge is 0.241 e. The molecule has 1 N–H and O–H groups in total. The highest BCUT2D eigenvalue weighted by Crippen LogP contribution is 2.26. The Kier molecular flexibility index (Phi) is 6.28. The van der Waals surface area contributed by atoms with E-state index in [0.29, 0.717) is 23.3 Å². The quantitative estimate of drug-likeness (QED) is 0.562. The van der Waals surface area contributed by atoms with Crippen molar-refractivity contribution in [2.45, 2.75) is 19.4 Å². The first-order valence-corrected chi connectivity index (χ1v) is 10.6. The van der Waals surface area contributed by atoms with Crippen LogP contribution in [0.15, 0.2) is 57.5 Å². The lowest BCUT2D eigenvalue weighted by Crippen LogP contribution is -2.37. The summed E-state index contributed by atoms with van der Waals surface area (Å²) < 4.78 is 6.34. The number of amides is 1. The molecule has 29 heavy (non-hydrogen) atoms. The molecule has 1 aliphatic heterocycles. The number of halogens is 2. The summed E-state index contributed by atoms with van der Waals surface area (Å²) in [6.07, 6.45) is 1.59. The second-order valence-electron chi connectivity index (χ2n) is 7.04. The van der Waals surface area contributed by atoms with Crippen LogP contribution in [0.3, 0.4) is 0 Å². The number of hydrogen-bond acceptors (Lipinski definition) is 5. The predicted octanol–water partition coefficient (Wildman–Crippen LogP) is 5.00. The van der Waals surface area contributed by atoms with E-state index in [1.54, 1.807) is 6.07 Å². The summed E-state index contributed by atoms with van der Waals surface area (Å²) in [7, 11) is 0. The highest BCUT2D eigenvalue weighted by Gasteiger charge is 2.26. The van der Waals surface area contributed by atoms with Gasteiger partial charge in [0.15, 0.2) is 0 Å². The van der Waals surface area contributed by atoms with E-state index in [2.05, 4.69) is 36.3 Å². The van der Waals surface area contributed by atoms with E-state index >= 15 is 0 Å². The van der Waals surface area contributed by atoms with E-state index in [1.807, 2.05) is 42.5 Å². The molecule has 0 unspecified atom stereocenters. The number of nitrogens with zero attached hydrogens (tertiary/aromatic N) is 3. The molecule has 4 rings (SSSR count). The van der Waals surface area contributed by atoms with Crippen LogP contribution in [0.2, 0.25) is 5.02 Å². The molecular weight excluding hydrogens is 456 g/mol. The minimum Gasteiger partial charge on any atom is -0.338 e. The maximum absolute atomic E-state index is 12.5. The fourth-order valence-electron chi connectivity index (χ4n) is 3.43.